The molecular weight excluding hydrogens is 188 g/mol. The van der Waals surface area contributed by atoms with Crippen molar-refractivity contribution >= 4 is 0 Å². The quantitative estimate of drug-likeness (QED) is 0.806. The van der Waals surface area contributed by atoms with E-state index in [1.165, 1.54) is 0 Å². The van der Waals surface area contributed by atoms with Gasteiger partial charge in [0.2, 0.25) is 0 Å². The molecule has 1 aromatic rings. The molecule has 2 heteroatoms. The van der Waals surface area contributed by atoms with Crippen LogP contribution in [0.25, 0.3) is 0 Å². The van der Waals surface area contributed by atoms with Gasteiger partial charge in [-0.3, -0.25) is 0 Å². The Morgan fingerprint density at radius 2 is 2.13 bits per heavy atom. The first-order chi connectivity index (χ1) is 7.09. The summed E-state index contributed by atoms with van der Waals surface area (Å²) in [6, 6.07) is 7.56. The van der Waals surface area contributed by atoms with Crippen LogP contribution in [-0.2, 0) is 11.2 Å². The highest BCUT2D eigenvalue weighted by Crippen LogP contribution is 2.35. The zero-order chi connectivity index (χ0) is 10.9. The lowest BCUT2D eigenvalue weighted by atomic mass is 9.85. The minimum atomic E-state index is -0.0533. The predicted molar refractivity (Wildman–Crippen MR) is 59.9 cm³/mol. The van der Waals surface area contributed by atoms with Crippen LogP contribution in [-0.4, -0.2) is 17.3 Å². The highest BCUT2D eigenvalue weighted by atomic mass is 16.5. The highest BCUT2D eigenvalue weighted by molar-refractivity contribution is 5.32. The molecular formula is C13H18O2. The number of hydrogen-bond donors (Lipinski definition) is 1. The van der Waals surface area contributed by atoms with E-state index in [1.807, 2.05) is 18.2 Å². The minimum Gasteiger partial charge on any atom is -0.508 e. The summed E-state index contributed by atoms with van der Waals surface area (Å²) in [5.41, 5.74) is 0.975. The maximum atomic E-state index is 9.70. The molecule has 0 amide bonds. The van der Waals surface area contributed by atoms with Gasteiger partial charge >= 0.3 is 0 Å². The molecule has 0 spiro atoms. The molecule has 15 heavy (non-hydrogen) atoms. The zero-order valence-electron chi connectivity index (χ0n) is 9.36. The zero-order valence-corrected chi connectivity index (χ0v) is 9.36. The number of phenolic OH excluding ortho intramolecular Hbond substituents is 1. The van der Waals surface area contributed by atoms with E-state index < -0.39 is 0 Å². The van der Waals surface area contributed by atoms with E-state index in [4.69, 9.17) is 4.74 Å². The molecule has 1 N–H and O–H groups in total. The summed E-state index contributed by atoms with van der Waals surface area (Å²) in [6.45, 7) is 5.10. The first kappa shape index (κ1) is 10.5. The second-order valence-electron chi connectivity index (χ2n) is 4.77. The van der Waals surface area contributed by atoms with Gasteiger partial charge in [-0.15, -0.1) is 0 Å². The first-order valence-electron chi connectivity index (χ1n) is 5.50. The molecule has 2 rings (SSSR count). The van der Waals surface area contributed by atoms with E-state index in [9.17, 15) is 5.11 Å². The van der Waals surface area contributed by atoms with E-state index in [2.05, 4.69) is 13.8 Å². The number of benzene rings is 1. The molecule has 1 aliphatic rings. The van der Waals surface area contributed by atoms with Crippen LogP contribution in [0.15, 0.2) is 24.3 Å². The topological polar surface area (TPSA) is 29.5 Å². The number of phenols is 1. The Morgan fingerprint density at radius 1 is 1.40 bits per heavy atom. The summed E-state index contributed by atoms with van der Waals surface area (Å²) in [5.74, 6) is 0.908. The third-order valence-corrected chi connectivity index (χ3v) is 3.38. The van der Waals surface area contributed by atoms with Gasteiger partial charge < -0.3 is 9.84 Å². The monoisotopic (exact) mass is 206 g/mol. The first-order valence-corrected chi connectivity index (χ1v) is 5.50. The molecule has 1 atom stereocenters. The molecule has 2 nitrogen and oxygen atoms in total. The second-order valence-corrected chi connectivity index (χ2v) is 4.77. The lowest BCUT2D eigenvalue weighted by Crippen LogP contribution is -2.28. The number of rotatable bonds is 2. The van der Waals surface area contributed by atoms with Gasteiger partial charge in [0, 0.05) is 6.61 Å². The summed E-state index contributed by atoms with van der Waals surface area (Å²) in [6.07, 6.45) is 1.99. The standard InChI is InChI=1S/C13H18O2/c1-13(2)11(7-8-15-13)9-10-5-3-4-6-12(10)14/h3-6,11,14H,7-9H2,1-2H3. The fourth-order valence-corrected chi connectivity index (χ4v) is 2.23. The summed E-state index contributed by atoms with van der Waals surface area (Å²) in [4.78, 5) is 0. The lowest BCUT2D eigenvalue weighted by Gasteiger charge is -2.26. The van der Waals surface area contributed by atoms with Crippen LogP contribution in [0.3, 0.4) is 0 Å². The molecule has 0 aromatic heterocycles. The van der Waals surface area contributed by atoms with Crippen LogP contribution >= 0.6 is 0 Å². The van der Waals surface area contributed by atoms with E-state index >= 15 is 0 Å². The van der Waals surface area contributed by atoms with Crippen molar-refractivity contribution in [3.8, 4) is 5.75 Å². The Hall–Kier alpha value is -1.02. The molecule has 0 saturated carbocycles. The van der Waals surface area contributed by atoms with Gasteiger partial charge in [-0.25, -0.2) is 0 Å². The van der Waals surface area contributed by atoms with E-state index in [1.54, 1.807) is 6.07 Å². The van der Waals surface area contributed by atoms with Crippen molar-refractivity contribution in [3.05, 3.63) is 29.8 Å². The van der Waals surface area contributed by atoms with Gasteiger partial charge in [0.25, 0.3) is 0 Å². The third-order valence-electron chi connectivity index (χ3n) is 3.38. The molecule has 0 bridgehead atoms. The molecule has 1 fully saturated rings. The molecule has 0 radical (unpaired) electrons. The number of ether oxygens (including phenoxy) is 1. The smallest absolute Gasteiger partial charge is 0.118 e. The fraction of sp³-hybridized carbons (Fsp3) is 0.538. The van der Waals surface area contributed by atoms with Crippen LogP contribution in [0.1, 0.15) is 25.8 Å². The predicted octanol–water partition coefficient (Wildman–Crippen LogP) is 2.75. The molecule has 82 valence electrons. The van der Waals surface area contributed by atoms with Crippen molar-refractivity contribution in [1.29, 1.82) is 0 Å². The Labute approximate surface area is 90.9 Å². The van der Waals surface area contributed by atoms with Gasteiger partial charge in [0.05, 0.1) is 5.60 Å². The Kier molecular flexibility index (Phi) is 2.70. The summed E-state index contributed by atoms with van der Waals surface area (Å²) >= 11 is 0. The van der Waals surface area contributed by atoms with Gasteiger partial charge in [0.15, 0.2) is 0 Å². The number of aromatic hydroxyl groups is 1. The van der Waals surface area contributed by atoms with Crippen molar-refractivity contribution in [2.45, 2.75) is 32.3 Å². The third kappa shape index (κ3) is 2.15. The Bertz CT molecular complexity index is 344. The van der Waals surface area contributed by atoms with Crippen LogP contribution in [0.5, 0.6) is 5.75 Å². The molecule has 1 saturated heterocycles. The normalized spacial score (nSPS) is 24.3. The van der Waals surface area contributed by atoms with Crippen LogP contribution in [0.2, 0.25) is 0 Å². The largest absolute Gasteiger partial charge is 0.508 e. The van der Waals surface area contributed by atoms with Crippen LogP contribution in [0, 0.1) is 5.92 Å². The highest BCUT2D eigenvalue weighted by Gasteiger charge is 2.35. The molecule has 1 aliphatic heterocycles. The van der Waals surface area contributed by atoms with Gasteiger partial charge in [-0.2, -0.15) is 0 Å². The van der Waals surface area contributed by atoms with Crippen LogP contribution < -0.4 is 0 Å². The van der Waals surface area contributed by atoms with Crippen molar-refractivity contribution in [2.24, 2.45) is 5.92 Å². The van der Waals surface area contributed by atoms with Crippen molar-refractivity contribution in [2.75, 3.05) is 6.61 Å². The van der Waals surface area contributed by atoms with Gasteiger partial charge in [-0.05, 0) is 44.2 Å². The molecule has 1 unspecified atom stereocenters. The van der Waals surface area contributed by atoms with Gasteiger partial charge in [-0.1, -0.05) is 18.2 Å². The average Bonchev–Trinajstić information content (AvgIpc) is 2.50. The maximum absolute atomic E-state index is 9.70. The summed E-state index contributed by atoms with van der Waals surface area (Å²) in [5, 5.41) is 9.70. The fourth-order valence-electron chi connectivity index (χ4n) is 2.23. The maximum Gasteiger partial charge on any atom is 0.118 e. The Balaban J connectivity index is 2.12. The SMILES string of the molecule is CC1(C)OCCC1Cc1ccccc1O. The molecule has 0 aliphatic carbocycles. The van der Waals surface area contributed by atoms with Crippen molar-refractivity contribution in [3.63, 3.8) is 0 Å². The Morgan fingerprint density at radius 3 is 2.73 bits per heavy atom. The van der Waals surface area contributed by atoms with Crippen molar-refractivity contribution < 1.29 is 9.84 Å². The molecule has 1 heterocycles. The number of hydrogen-bond acceptors (Lipinski definition) is 2. The van der Waals surface area contributed by atoms with Crippen LogP contribution in [0.4, 0.5) is 0 Å². The van der Waals surface area contributed by atoms with Gasteiger partial charge in [0.1, 0.15) is 5.75 Å². The van der Waals surface area contributed by atoms with Crippen molar-refractivity contribution in [1.82, 2.24) is 0 Å². The van der Waals surface area contributed by atoms with E-state index in [-0.39, 0.29) is 5.60 Å². The minimum absolute atomic E-state index is 0.0533. The molecule has 1 aromatic carbocycles. The number of para-hydroxylation sites is 1. The summed E-state index contributed by atoms with van der Waals surface area (Å²) in [7, 11) is 0. The average molecular weight is 206 g/mol. The van der Waals surface area contributed by atoms with E-state index in [0.29, 0.717) is 11.7 Å². The summed E-state index contributed by atoms with van der Waals surface area (Å²) < 4.78 is 5.68. The second kappa shape index (κ2) is 3.86. The van der Waals surface area contributed by atoms with E-state index in [0.717, 1.165) is 25.0 Å². The lowest BCUT2D eigenvalue weighted by molar-refractivity contribution is 0.0112.